The summed E-state index contributed by atoms with van der Waals surface area (Å²) in [7, 11) is 2.11. The summed E-state index contributed by atoms with van der Waals surface area (Å²) < 4.78 is 11.4. The number of carbonyl (C=O) groups excluding carboxylic acids is 2. The predicted octanol–water partition coefficient (Wildman–Crippen LogP) is 8.95. The predicted molar refractivity (Wildman–Crippen MR) is 171 cm³/mol. The molecule has 1 aliphatic heterocycles. The summed E-state index contributed by atoms with van der Waals surface area (Å²) in [4.78, 5) is 27.4. The first-order valence-corrected chi connectivity index (χ1v) is 16.3. The lowest BCUT2D eigenvalue weighted by Gasteiger charge is -2.55. The van der Waals surface area contributed by atoms with Crippen LogP contribution in [0.15, 0.2) is 48.5 Å². The van der Waals surface area contributed by atoms with E-state index in [0.717, 1.165) is 30.0 Å². The van der Waals surface area contributed by atoms with Gasteiger partial charge in [-0.2, -0.15) is 0 Å². The zero-order chi connectivity index (χ0) is 30.3. The second-order valence-electron chi connectivity index (χ2n) is 13.8. The van der Waals surface area contributed by atoms with Crippen LogP contribution in [0, 0.1) is 11.3 Å². The number of likely N-dealkylation sites (tertiary alicyclic amines) is 1. The average molecular weight is 576 g/mol. The summed E-state index contributed by atoms with van der Waals surface area (Å²) >= 11 is 0. The highest BCUT2D eigenvalue weighted by molar-refractivity contribution is 5.79. The Kier molecular flexibility index (Phi) is 10.9. The fourth-order valence-electron chi connectivity index (χ4n) is 6.78. The third-order valence-electron chi connectivity index (χ3n) is 10.7. The van der Waals surface area contributed by atoms with Crippen molar-refractivity contribution in [2.45, 2.75) is 123 Å². The minimum atomic E-state index is -0.424. The van der Waals surface area contributed by atoms with E-state index in [4.69, 9.17) is 9.47 Å². The number of unbranched alkanes of at least 4 members (excludes halogenated alkanes) is 2. The molecule has 1 aliphatic carbocycles. The molecule has 2 aliphatic rings. The van der Waals surface area contributed by atoms with Crippen LogP contribution in [0.25, 0.3) is 11.1 Å². The van der Waals surface area contributed by atoms with Crippen molar-refractivity contribution in [3.8, 4) is 16.9 Å². The van der Waals surface area contributed by atoms with Crippen LogP contribution in [0.4, 0.5) is 0 Å². The van der Waals surface area contributed by atoms with Crippen molar-refractivity contribution in [2.24, 2.45) is 11.3 Å². The molecule has 1 saturated carbocycles. The Hall–Kier alpha value is -2.66. The number of hydrogen-bond acceptors (Lipinski definition) is 5. The Morgan fingerprint density at radius 2 is 1.40 bits per heavy atom. The Labute approximate surface area is 254 Å². The van der Waals surface area contributed by atoms with Crippen molar-refractivity contribution in [3.63, 3.8) is 0 Å². The highest BCUT2D eigenvalue weighted by atomic mass is 16.5. The van der Waals surface area contributed by atoms with Gasteiger partial charge in [0.1, 0.15) is 11.9 Å². The van der Waals surface area contributed by atoms with Crippen LogP contribution < -0.4 is 4.74 Å². The number of piperidine rings is 1. The average Bonchev–Trinajstić information content (AvgIpc) is 2.98. The molecule has 0 N–H and O–H groups in total. The van der Waals surface area contributed by atoms with Gasteiger partial charge in [-0.25, -0.2) is 0 Å². The highest BCUT2D eigenvalue weighted by Gasteiger charge is 2.50. The highest BCUT2D eigenvalue weighted by Crippen LogP contribution is 2.44. The Bertz CT molecular complexity index is 1160. The molecule has 1 atom stereocenters. The van der Waals surface area contributed by atoms with Crippen LogP contribution in [0.1, 0.15) is 117 Å². The zero-order valence-electron chi connectivity index (χ0n) is 26.9. The molecular weight excluding hydrogens is 522 g/mol. The van der Waals surface area contributed by atoms with Crippen LogP contribution in [0.5, 0.6) is 5.75 Å². The lowest BCUT2D eigenvalue weighted by Crippen LogP contribution is -2.62. The molecule has 42 heavy (non-hydrogen) atoms. The number of benzene rings is 2. The molecule has 0 bridgehead atoms. The summed E-state index contributed by atoms with van der Waals surface area (Å²) in [6.07, 6.45) is 11.5. The Morgan fingerprint density at radius 3 is 2.02 bits per heavy atom. The number of ether oxygens (including phenoxy) is 2. The number of nitrogens with zero attached hydrogens (tertiary/aromatic N) is 1. The standard InChI is InChI=1S/C37H53NO4/c1-7-8-9-10-27-11-13-28(14-12-27)29-15-17-30(18-16-29)31-19-21-32(22-20-31)41-34(39)23-24-35(40)42-33-25-26-38(6)37(4,5)36(33,2)3/h15-22,27-28,33H,7-14,23-26H2,1-6H3. The number of carbonyl (C=O) groups is 2. The fraction of sp³-hybridized carbons (Fsp3) is 0.622. The molecule has 5 nitrogen and oxygen atoms in total. The van der Waals surface area contributed by atoms with Gasteiger partial charge in [0.05, 0.1) is 12.8 Å². The summed E-state index contributed by atoms with van der Waals surface area (Å²) in [6.45, 7) is 11.8. The monoisotopic (exact) mass is 575 g/mol. The molecule has 2 aromatic carbocycles. The smallest absolute Gasteiger partial charge is 0.311 e. The van der Waals surface area contributed by atoms with Crippen molar-refractivity contribution in [2.75, 3.05) is 13.6 Å². The van der Waals surface area contributed by atoms with Gasteiger partial charge in [0.25, 0.3) is 0 Å². The molecule has 1 heterocycles. The van der Waals surface area contributed by atoms with Crippen LogP contribution >= 0.6 is 0 Å². The van der Waals surface area contributed by atoms with Gasteiger partial charge in [0.15, 0.2) is 0 Å². The summed E-state index contributed by atoms with van der Waals surface area (Å²) in [5, 5.41) is 0. The molecule has 4 rings (SSSR count). The first-order chi connectivity index (χ1) is 20.0. The van der Waals surface area contributed by atoms with E-state index in [1.165, 1.54) is 56.9 Å². The molecule has 0 spiro atoms. The number of hydrogen-bond donors (Lipinski definition) is 0. The normalized spacial score (nSPS) is 23.7. The van der Waals surface area contributed by atoms with E-state index in [-0.39, 0.29) is 35.9 Å². The molecule has 0 aromatic heterocycles. The largest absolute Gasteiger partial charge is 0.462 e. The third kappa shape index (κ3) is 7.83. The molecular formula is C37H53NO4. The zero-order valence-corrected chi connectivity index (χ0v) is 26.9. The summed E-state index contributed by atoms with van der Waals surface area (Å²) in [5.41, 5.74) is 3.40. The van der Waals surface area contributed by atoms with Gasteiger partial charge >= 0.3 is 11.9 Å². The first-order valence-electron chi connectivity index (χ1n) is 16.3. The first kappa shape index (κ1) is 32.3. The van der Waals surface area contributed by atoms with Gasteiger partial charge in [0, 0.05) is 17.5 Å². The van der Waals surface area contributed by atoms with E-state index in [1.807, 2.05) is 24.3 Å². The Balaban J connectivity index is 1.21. The van der Waals surface area contributed by atoms with Gasteiger partial charge in [-0.3, -0.25) is 9.59 Å². The van der Waals surface area contributed by atoms with Gasteiger partial charge in [-0.15, -0.1) is 0 Å². The molecule has 1 saturated heterocycles. The van der Waals surface area contributed by atoms with Gasteiger partial charge in [-0.1, -0.05) is 82.9 Å². The lowest BCUT2D eigenvalue weighted by atomic mass is 9.66. The van der Waals surface area contributed by atoms with Crippen LogP contribution in [-0.2, 0) is 14.3 Å². The van der Waals surface area contributed by atoms with Crippen molar-refractivity contribution in [1.82, 2.24) is 4.90 Å². The SMILES string of the molecule is CCCCCC1CCC(c2ccc(-c3ccc(OC(=O)CCC(=O)OC4CCN(C)C(C)(C)C4(C)C)cc3)cc2)CC1. The van der Waals surface area contributed by atoms with Crippen LogP contribution in [0.2, 0.25) is 0 Å². The minimum Gasteiger partial charge on any atom is -0.462 e. The van der Waals surface area contributed by atoms with Crippen LogP contribution in [0.3, 0.4) is 0 Å². The minimum absolute atomic E-state index is 0.000849. The number of esters is 2. The molecule has 2 aromatic rings. The quantitative estimate of drug-likeness (QED) is 0.152. The van der Waals surface area contributed by atoms with Gasteiger partial charge < -0.3 is 14.4 Å². The van der Waals surface area contributed by atoms with Crippen molar-refractivity contribution < 1.29 is 19.1 Å². The fourth-order valence-corrected chi connectivity index (χ4v) is 6.78. The molecule has 5 heteroatoms. The third-order valence-corrected chi connectivity index (χ3v) is 10.7. The molecule has 0 radical (unpaired) electrons. The topological polar surface area (TPSA) is 55.8 Å². The molecule has 1 unspecified atom stereocenters. The van der Waals surface area contributed by atoms with E-state index < -0.39 is 5.97 Å². The number of rotatable bonds is 11. The van der Waals surface area contributed by atoms with Crippen molar-refractivity contribution >= 4 is 11.9 Å². The second kappa shape index (κ2) is 14.2. The van der Waals surface area contributed by atoms with Gasteiger partial charge in [0.2, 0.25) is 0 Å². The van der Waals surface area contributed by atoms with Crippen molar-refractivity contribution in [1.29, 1.82) is 0 Å². The lowest BCUT2D eigenvalue weighted by molar-refractivity contribution is -0.172. The summed E-state index contributed by atoms with van der Waals surface area (Å²) in [6, 6.07) is 16.6. The van der Waals surface area contributed by atoms with E-state index in [2.05, 4.69) is 70.8 Å². The Morgan fingerprint density at radius 1 is 0.810 bits per heavy atom. The molecule has 2 fully saturated rings. The second-order valence-corrected chi connectivity index (χ2v) is 13.8. The van der Waals surface area contributed by atoms with E-state index >= 15 is 0 Å². The van der Waals surface area contributed by atoms with E-state index in [0.29, 0.717) is 11.7 Å². The molecule has 0 amide bonds. The van der Waals surface area contributed by atoms with E-state index in [9.17, 15) is 9.59 Å². The summed E-state index contributed by atoms with van der Waals surface area (Å²) in [5.74, 6) is 1.33. The van der Waals surface area contributed by atoms with Gasteiger partial charge in [-0.05, 0) is 93.7 Å². The molecule has 230 valence electrons. The maximum absolute atomic E-state index is 12.6. The van der Waals surface area contributed by atoms with Crippen molar-refractivity contribution in [3.05, 3.63) is 54.1 Å². The maximum Gasteiger partial charge on any atom is 0.311 e. The maximum atomic E-state index is 12.6. The van der Waals surface area contributed by atoms with E-state index in [1.54, 1.807) is 0 Å². The van der Waals surface area contributed by atoms with Crippen LogP contribution in [-0.4, -0.2) is 42.1 Å².